The average molecular weight is 450 g/mol. The number of amides is 2. The van der Waals surface area contributed by atoms with E-state index in [0.29, 0.717) is 22.3 Å². The largest absolute Gasteiger partial charge is 0.438 e. The zero-order chi connectivity index (χ0) is 23.9. The van der Waals surface area contributed by atoms with Gasteiger partial charge < -0.3 is 4.74 Å². The summed E-state index contributed by atoms with van der Waals surface area (Å²) in [5, 5.41) is 11.5. The molecule has 3 aromatic rings. The van der Waals surface area contributed by atoms with Crippen molar-refractivity contribution < 1.29 is 27.5 Å². The van der Waals surface area contributed by atoms with Crippen LogP contribution in [0.15, 0.2) is 72.1 Å². The van der Waals surface area contributed by atoms with Crippen LogP contribution >= 0.6 is 0 Å². The van der Waals surface area contributed by atoms with E-state index in [4.69, 9.17) is 4.74 Å². The van der Waals surface area contributed by atoms with Crippen LogP contribution in [-0.2, 0) is 15.8 Å². The minimum atomic E-state index is -4.51. The molecule has 5 nitrogen and oxygen atoms in total. The Labute approximate surface area is 187 Å². The maximum atomic E-state index is 13.1. The fourth-order valence-corrected chi connectivity index (χ4v) is 4.03. The minimum absolute atomic E-state index is 0.0528. The molecule has 2 amide bonds. The number of nitrogens with zero attached hydrogens (tertiary/aromatic N) is 2. The van der Waals surface area contributed by atoms with Gasteiger partial charge in [-0.2, -0.15) is 18.4 Å². The standard InChI is InChI=1S/C25H17F3N2O3/c1-14(31)30(15(2)32)24-21(13-29)22(17-7-10-18(11-8-17)25(26,27)28)20-12-9-16-5-3-4-6-19(16)23(20)33-24/h3-12,22H,1-2H3. The van der Waals surface area contributed by atoms with Crippen molar-refractivity contribution in [1.29, 1.82) is 5.26 Å². The van der Waals surface area contributed by atoms with Gasteiger partial charge in [0.15, 0.2) is 0 Å². The highest BCUT2D eigenvalue weighted by atomic mass is 19.4. The molecular weight excluding hydrogens is 433 g/mol. The SMILES string of the molecule is CC(=O)N(C(C)=O)C1=C(C#N)C(c2ccc(C(F)(F)F)cc2)c2ccc3ccccc3c2O1. The summed E-state index contributed by atoms with van der Waals surface area (Å²) in [6.45, 7) is 2.33. The number of halogens is 3. The number of imide groups is 1. The number of allylic oxidation sites excluding steroid dienone is 1. The van der Waals surface area contributed by atoms with Crippen LogP contribution in [0.25, 0.3) is 10.8 Å². The molecule has 0 saturated carbocycles. The zero-order valence-corrected chi connectivity index (χ0v) is 17.6. The summed E-state index contributed by atoms with van der Waals surface area (Å²) in [5.74, 6) is -2.06. The molecule has 0 saturated heterocycles. The molecule has 0 fully saturated rings. The number of ether oxygens (including phenoxy) is 1. The molecule has 0 spiro atoms. The lowest BCUT2D eigenvalue weighted by atomic mass is 9.82. The number of hydrogen-bond acceptors (Lipinski definition) is 4. The maximum Gasteiger partial charge on any atom is 0.416 e. The number of benzene rings is 3. The monoisotopic (exact) mass is 450 g/mol. The Morgan fingerprint density at radius 3 is 2.18 bits per heavy atom. The number of nitriles is 1. The summed E-state index contributed by atoms with van der Waals surface area (Å²) in [4.78, 5) is 25.3. The highest BCUT2D eigenvalue weighted by Crippen LogP contribution is 2.47. The van der Waals surface area contributed by atoms with Gasteiger partial charge in [-0.1, -0.05) is 48.5 Å². The van der Waals surface area contributed by atoms with Gasteiger partial charge in [-0.25, -0.2) is 4.90 Å². The van der Waals surface area contributed by atoms with Crippen molar-refractivity contribution in [2.24, 2.45) is 0 Å². The smallest absolute Gasteiger partial charge is 0.416 e. The lowest BCUT2D eigenvalue weighted by Crippen LogP contribution is -2.37. The van der Waals surface area contributed by atoms with Crippen molar-refractivity contribution in [1.82, 2.24) is 4.90 Å². The molecule has 0 N–H and O–H groups in total. The number of hydrogen-bond donors (Lipinski definition) is 0. The molecule has 1 aliphatic rings. The number of carbonyl (C=O) groups is 2. The second-order valence-electron chi connectivity index (χ2n) is 7.56. The summed E-state index contributed by atoms with van der Waals surface area (Å²) >= 11 is 0. The zero-order valence-electron chi connectivity index (χ0n) is 17.6. The molecule has 166 valence electrons. The van der Waals surface area contributed by atoms with Crippen molar-refractivity contribution in [3.8, 4) is 11.8 Å². The van der Waals surface area contributed by atoms with Gasteiger partial charge in [-0.05, 0) is 23.1 Å². The predicted molar refractivity (Wildman–Crippen MR) is 114 cm³/mol. The Hall–Kier alpha value is -4.12. The summed E-state index contributed by atoms with van der Waals surface area (Å²) in [7, 11) is 0. The van der Waals surface area contributed by atoms with Gasteiger partial charge in [0.1, 0.15) is 17.4 Å². The number of rotatable bonds is 2. The highest BCUT2D eigenvalue weighted by Gasteiger charge is 2.38. The van der Waals surface area contributed by atoms with E-state index in [-0.39, 0.29) is 11.5 Å². The highest BCUT2D eigenvalue weighted by molar-refractivity contribution is 5.96. The van der Waals surface area contributed by atoms with E-state index in [0.717, 1.165) is 22.4 Å². The van der Waals surface area contributed by atoms with Crippen molar-refractivity contribution in [3.63, 3.8) is 0 Å². The molecule has 8 heteroatoms. The molecule has 0 aliphatic carbocycles. The molecule has 1 atom stereocenters. The number of carbonyl (C=O) groups excluding carboxylic acids is 2. The van der Waals surface area contributed by atoms with Crippen LogP contribution in [0.5, 0.6) is 5.75 Å². The third-order valence-electron chi connectivity index (χ3n) is 5.46. The van der Waals surface area contributed by atoms with Crippen LogP contribution in [0.4, 0.5) is 13.2 Å². The Morgan fingerprint density at radius 1 is 0.970 bits per heavy atom. The van der Waals surface area contributed by atoms with Gasteiger partial charge in [-0.15, -0.1) is 0 Å². The molecule has 0 radical (unpaired) electrons. The molecule has 33 heavy (non-hydrogen) atoms. The van der Waals surface area contributed by atoms with E-state index >= 15 is 0 Å². The van der Waals surface area contributed by atoms with E-state index < -0.39 is 29.5 Å². The summed E-state index contributed by atoms with van der Waals surface area (Å²) in [6, 6.07) is 17.3. The van der Waals surface area contributed by atoms with Crippen LogP contribution in [0.1, 0.15) is 36.5 Å². The number of alkyl halides is 3. The lowest BCUT2D eigenvalue weighted by molar-refractivity contribution is -0.142. The van der Waals surface area contributed by atoms with Crippen LogP contribution in [-0.4, -0.2) is 16.7 Å². The fraction of sp³-hybridized carbons (Fsp3) is 0.160. The first-order chi connectivity index (χ1) is 15.6. The van der Waals surface area contributed by atoms with E-state index in [9.17, 15) is 28.0 Å². The Morgan fingerprint density at radius 2 is 1.61 bits per heavy atom. The van der Waals surface area contributed by atoms with Gasteiger partial charge in [-0.3, -0.25) is 9.59 Å². The first-order valence-corrected chi connectivity index (χ1v) is 9.95. The molecular formula is C25H17F3N2O3. The first kappa shape index (κ1) is 22.1. The fourth-order valence-electron chi connectivity index (χ4n) is 4.03. The molecule has 1 unspecified atom stereocenters. The third-order valence-corrected chi connectivity index (χ3v) is 5.46. The van der Waals surface area contributed by atoms with Crippen LogP contribution in [0.3, 0.4) is 0 Å². The van der Waals surface area contributed by atoms with Crippen molar-refractivity contribution in [3.05, 3.63) is 88.8 Å². The van der Waals surface area contributed by atoms with E-state index in [1.807, 2.05) is 24.3 Å². The molecule has 4 rings (SSSR count). The van der Waals surface area contributed by atoms with Crippen LogP contribution in [0, 0.1) is 11.3 Å². The Kier molecular flexibility index (Phi) is 5.42. The quantitative estimate of drug-likeness (QED) is 0.516. The van der Waals surface area contributed by atoms with Crippen molar-refractivity contribution in [2.45, 2.75) is 25.9 Å². The van der Waals surface area contributed by atoms with Gasteiger partial charge in [0.2, 0.25) is 17.7 Å². The van der Waals surface area contributed by atoms with E-state index in [2.05, 4.69) is 0 Å². The van der Waals surface area contributed by atoms with Gasteiger partial charge in [0.25, 0.3) is 0 Å². The first-order valence-electron chi connectivity index (χ1n) is 9.95. The normalized spacial score (nSPS) is 15.5. The van der Waals surface area contributed by atoms with Gasteiger partial charge in [0.05, 0.1) is 11.5 Å². The molecule has 3 aromatic carbocycles. The third kappa shape index (κ3) is 3.82. The number of fused-ring (bicyclic) bond motifs is 3. The van der Waals surface area contributed by atoms with Crippen LogP contribution < -0.4 is 4.74 Å². The van der Waals surface area contributed by atoms with E-state index in [1.165, 1.54) is 26.0 Å². The van der Waals surface area contributed by atoms with E-state index in [1.54, 1.807) is 18.2 Å². The summed E-state index contributed by atoms with van der Waals surface area (Å²) in [6.07, 6.45) is -4.51. The van der Waals surface area contributed by atoms with Crippen molar-refractivity contribution >= 4 is 22.6 Å². The van der Waals surface area contributed by atoms with Gasteiger partial charge >= 0.3 is 6.18 Å². The predicted octanol–water partition coefficient (Wildman–Crippen LogP) is 5.51. The molecule has 0 bridgehead atoms. The molecule has 0 aromatic heterocycles. The van der Waals surface area contributed by atoms with Gasteiger partial charge in [0, 0.05) is 24.8 Å². The minimum Gasteiger partial charge on any atom is -0.438 e. The second kappa shape index (κ2) is 8.10. The topological polar surface area (TPSA) is 70.4 Å². The summed E-state index contributed by atoms with van der Waals surface area (Å²) in [5.41, 5.74) is 0.0570. The van der Waals surface area contributed by atoms with Crippen molar-refractivity contribution in [2.75, 3.05) is 0 Å². The second-order valence-corrected chi connectivity index (χ2v) is 7.56. The lowest BCUT2D eigenvalue weighted by Gasteiger charge is -2.32. The summed E-state index contributed by atoms with van der Waals surface area (Å²) < 4.78 is 45.3. The maximum absolute atomic E-state index is 13.1. The van der Waals surface area contributed by atoms with Crippen LogP contribution in [0.2, 0.25) is 0 Å². The molecule has 1 aliphatic heterocycles. The Balaban J connectivity index is 2.01. The average Bonchev–Trinajstić information content (AvgIpc) is 2.77. The molecule has 1 heterocycles. The Bertz CT molecular complexity index is 1340.